The van der Waals surface area contributed by atoms with Crippen LogP contribution in [0.2, 0.25) is 0 Å². The number of nitriles is 1. The molecule has 0 unspecified atom stereocenters. The topological polar surface area (TPSA) is 36.7 Å². The number of nitrogens with zero attached hydrogens (tertiary/aromatic N) is 2. The van der Waals surface area contributed by atoms with E-state index in [1.807, 2.05) is 0 Å². The van der Waals surface area contributed by atoms with Gasteiger partial charge in [-0.15, -0.1) is 0 Å². The van der Waals surface area contributed by atoms with Gasteiger partial charge in [-0.1, -0.05) is 0 Å². The first kappa shape index (κ1) is 11.2. The van der Waals surface area contributed by atoms with E-state index < -0.39 is 17.9 Å². The number of aromatic nitrogens is 1. The third kappa shape index (κ3) is 2.35. The van der Waals surface area contributed by atoms with Crippen LogP contribution in [-0.4, -0.2) is 4.98 Å². The number of hydrogen-bond donors (Lipinski definition) is 0. The number of pyridine rings is 1. The third-order valence-corrected chi connectivity index (χ3v) is 2.41. The highest BCUT2D eigenvalue weighted by Gasteiger charge is 2.15. The van der Waals surface area contributed by atoms with Crippen molar-refractivity contribution in [3.63, 3.8) is 0 Å². The van der Waals surface area contributed by atoms with Crippen LogP contribution in [0.3, 0.4) is 0 Å². The third-order valence-electron chi connectivity index (χ3n) is 1.52. The fourth-order valence-electron chi connectivity index (χ4n) is 0.877. The average molecular weight is 312 g/mol. The van der Waals surface area contributed by atoms with Gasteiger partial charge in [-0.3, -0.25) is 0 Å². The van der Waals surface area contributed by atoms with Crippen molar-refractivity contribution >= 4 is 22.6 Å². The van der Waals surface area contributed by atoms with E-state index in [2.05, 4.69) is 4.98 Å². The van der Waals surface area contributed by atoms with Crippen LogP contribution in [0.1, 0.15) is 17.7 Å². The molecule has 0 aromatic carbocycles. The molecule has 1 rings (SSSR count). The molecule has 0 fully saturated rings. The summed E-state index contributed by atoms with van der Waals surface area (Å²) in [5, 5.41) is 8.35. The second-order valence-electron chi connectivity index (χ2n) is 2.43. The Hall–Kier alpha value is -0.840. The Morgan fingerprint density at radius 2 is 2.21 bits per heavy atom. The van der Waals surface area contributed by atoms with Crippen LogP contribution < -0.4 is 0 Å². The van der Waals surface area contributed by atoms with Gasteiger partial charge >= 0.3 is 0 Å². The van der Waals surface area contributed by atoms with E-state index in [9.17, 15) is 13.2 Å². The highest BCUT2D eigenvalue weighted by atomic mass is 127. The van der Waals surface area contributed by atoms with Crippen molar-refractivity contribution in [2.24, 2.45) is 0 Å². The maximum absolute atomic E-state index is 13.1. The van der Waals surface area contributed by atoms with Crippen LogP contribution in [0.15, 0.2) is 6.07 Å². The lowest BCUT2D eigenvalue weighted by Gasteiger charge is -2.04. The monoisotopic (exact) mass is 312 g/mol. The fourth-order valence-corrected chi connectivity index (χ4v) is 1.60. The zero-order valence-corrected chi connectivity index (χ0v) is 8.93. The zero-order valence-electron chi connectivity index (χ0n) is 6.77. The SMILES string of the molecule is N#CCc1c(F)cc(C(F)F)nc1I. The number of hydrogen-bond acceptors (Lipinski definition) is 2. The molecule has 0 N–H and O–H groups in total. The summed E-state index contributed by atoms with van der Waals surface area (Å²) in [5.41, 5.74) is -0.536. The van der Waals surface area contributed by atoms with Crippen LogP contribution in [0.25, 0.3) is 0 Å². The minimum atomic E-state index is -2.80. The standard InChI is InChI=1S/C8H4F3IN2/c9-5-3-6(7(10)11)14-8(12)4(5)1-2-13/h3,7H,1H2. The van der Waals surface area contributed by atoms with Gasteiger partial charge in [0, 0.05) is 11.6 Å². The van der Waals surface area contributed by atoms with Gasteiger partial charge in [0.05, 0.1) is 12.5 Å². The average Bonchev–Trinajstić information content (AvgIpc) is 2.10. The summed E-state index contributed by atoms with van der Waals surface area (Å²) in [6.45, 7) is 0. The highest BCUT2D eigenvalue weighted by Crippen LogP contribution is 2.22. The smallest absolute Gasteiger partial charge is 0.240 e. The second-order valence-corrected chi connectivity index (χ2v) is 3.46. The Bertz CT molecular complexity index is 364. The second kappa shape index (κ2) is 4.59. The lowest BCUT2D eigenvalue weighted by atomic mass is 10.2. The molecule has 1 heterocycles. The lowest BCUT2D eigenvalue weighted by Crippen LogP contribution is -2.01. The van der Waals surface area contributed by atoms with Gasteiger partial charge in [0.25, 0.3) is 6.43 Å². The molecule has 0 spiro atoms. The molecular formula is C8H4F3IN2. The Morgan fingerprint density at radius 3 is 2.64 bits per heavy atom. The van der Waals surface area contributed by atoms with Crippen molar-refractivity contribution in [1.29, 1.82) is 5.26 Å². The largest absolute Gasteiger partial charge is 0.280 e. The molecule has 2 nitrogen and oxygen atoms in total. The van der Waals surface area contributed by atoms with Crippen LogP contribution >= 0.6 is 22.6 Å². The molecule has 1 aromatic rings. The Labute approximate surface area is 91.9 Å². The summed E-state index contributed by atoms with van der Waals surface area (Å²) in [5.74, 6) is -0.804. The van der Waals surface area contributed by atoms with E-state index in [1.54, 1.807) is 28.7 Å². The molecule has 0 aliphatic rings. The summed E-state index contributed by atoms with van der Waals surface area (Å²) >= 11 is 1.63. The van der Waals surface area contributed by atoms with Crippen molar-refractivity contribution in [1.82, 2.24) is 4.98 Å². The van der Waals surface area contributed by atoms with Gasteiger partial charge in [0.2, 0.25) is 0 Å². The molecule has 0 aliphatic carbocycles. The van der Waals surface area contributed by atoms with Crippen molar-refractivity contribution in [3.05, 3.63) is 26.8 Å². The number of alkyl halides is 2. The first-order chi connectivity index (χ1) is 6.56. The van der Waals surface area contributed by atoms with Gasteiger partial charge in [0.1, 0.15) is 15.2 Å². The fraction of sp³-hybridized carbons (Fsp3) is 0.250. The molecule has 0 saturated heterocycles. The minimum absolute atomic E-state index is 0.0671. The normalized spacial score (nSPS) is 10.3. The molecule has 0 aliphatic heterocycles. The van der Waals surface area contributed by atoms with Crippen molar-refractivity contribution < 1.29 is 13.2 Å². The lowest BCUT2D eigenvalue weighted by molar-refractivity contribution is 0.145. The first-order valence-corrected chi connectivity index (χ1v) is 4.64. The summed E-state index contributed by atoms with van der Waals surface area (Å²) in [6.07, 6.45) is -2.96. The van der Waals surface area contributed by atoms with Gasteiger partial charge in [-0.25, -0.2) is 18.2 Å². The van der Waals surface area contributed by atoms with E-state index in [4.69, 9.17) is 5.26 Å². The highest BCUT2D eigenvalue weighted by molar-refractivity contribution is 14.1. The number of halogens is 4. The molecule has 74 valence electrons. The maximum atomic E-state index is 13.1. The molecular weight excluding hydrogens is 308 g/mol. The summed E-state index contributed by atoms with van der Waals surface area (Å²) in [7, 11) is 0. The van der Waals surface area contributed by atoms with E-state index in [-0.39, 0.29) is 15.7 Å². The van der Waals surface area contributed by atoms with E-state index in [1.165, 1.54) is 0 Å². The van der Waals surface area contributed by atoms with Crippen molar-refractivity contribution in [2.75, 3.05) is 0 Å². The molecule has 0 bridgehead atoms. The molecule has 1 aromatic heterocycles. The Balaban J connectivity index is 3.19. The summed E-state index contributed by atoms with van der Waals surface area (Å²) in [6, 6.07) is 2.41. The first-order valence-electron chi connectivity index (χ1n) is 3.56. The summed E-state index contributed by atoms with van der Waals surface area (Å²) < 4.78 is 37.5. The van der Waals surface area contributed by atoms with Crippen LogP contribution in [0, 0.1) is 20.8 Å². The van der Waals surface area contributed by atoms with Gasteiger partial charge in [-0.2, -0.15) is 5.26 Å². The van der Waals surface area contributed by atoms with Crippen molar-refractivity contribution in [3.8, 4) is 6.07 Å². The molecule has 14 heavy (non-hydrogen) atoms. The molecule has 0 atom stereocenters. The molecule has 0 radical (unpaired) electrons. The predicted molar refractivity (Wildman–Crippen MR) is 51.2 cm³/mol. The van der Waals surface area contributed by atoms with E-state index >= 15 is 0 Å². The quantitative estimate of drug-likeness (QED) is 0.622. The Morgan fingerprint density at radius 1 is 1.57 bits per heavy atom. The van der Waals surface area contributed by atoms with Crippen LogP contribution in [-0.2, 0) is 6.42 Å². The van der Waals surface area contributed by atoms with Crippen molar-refractivity contribution in [2.45, 2.75) is 12.8 Å². The van der Waals surface area contributed by atoms with Gasteiger partial charge in [0.15, 0.2) is 0 Å². The minimum Gasteiger partial charge on any atom is -0.240 e. The van der Waals surface area contributed by atoms with Gasteiger partial charge in [-0.05, 0) is 22.6 Å². The van der Waals surface area contributed by atoms with E-state index in [0.717, 1.165) is 0 Å². The molecule has 6 heteroatoms. The van der Waals surface area contributed by atoms with Gasteiger partial charge < -0.3 is 0 Å². The van der Waals surface area contributed by atoms with Crippen LogP contribution in [0.5, 0.6) is 0 Å². The molecule has 0 saturated carbocycles. The molecule has 0 amide bonds. The summed E-state index contributed by atoms with van der Waals surface area (Å²) in [4.78, 5) is 3.50. The van der Waals surface area contributed by atoms with Crippen LogP contribution in [0.4, 0.5) is 13.2 Å². The predicted octanol–water partition coefficient (Wildman–Crippen LogP) is 2.83. The zero-order chi connectivity index (χ0) is 10.7. The van der Waals surface area contributed by atoms with E-state index in [0.29, 0.717) is 6.07 Å². The maximum Gasteiger partial charge on any atom is 0.280 e. The Kier molecular flexibility index (Phi) is 3.69. The number of rotatable bonds is 2.